The highest BCUT2D eigenvalue weighted by atomic mass is 32.2. The van der Waals surface area contributed by atoms with E-state index in [1.807, 2.05) is 26.0 Å². The fourth-order valence-electron chi connectivity index (χ4n) is 3.42. The topological polar surface area (TPSA) is 66.5 Å². The van der Waals surface area contributed by atoms with Crippen LogP contribution in [-0.2, 0) is 14.8 Å². The van der Waals surface area contributed by atoms with Crippen molar-refractivity contribution in [3.05, 3.63) is 64.2 Å². The van der Waals surface area contributed by atoms with Gasteiger partial charge in [-0.05, 0) is 75.4 Å². The van der Waals surface area contributed by atoms with Crippen molar-refractivity contribution in [2.24, 2.45) is 0 Å². The lowest BCUT2D eigenvalue weighted by Crippen LogP contribution is -2.32. The van der Waals surface area contributed by atoms with E-state index in [0.717, 1.165) is 16.7 Å². The molecule has 2 aromatic rings. The van der Waals surface area contributed by atoms with Crippen molar-refractivity contribution < 1.29 is 13.2 Å². The zero-order chi connectivity index (χ0) is 21.8. The van der Waals surface area contributed by atoms with Gasteiger partial charge in [-0.15, -0.1) is 0 Å². The van der Waals surface area contributed by atoms with Crippen LogP contribution in [0.25, 0.3) is 0 Å². The molecule has 0 aliphatic carbocycles. The standard InChI is InChI=1S/C23H32N2O3S/c1-16-9-11-21(12-10-16)25(29(6,27)28)13-7-8-23(26)24-20(5)22-15-18(3)17(2)14-19(22)4/h9-12,14-15,20H,7-8,13H2,1-6H3,(H,24,26)/t20-/m1/s1. The first-order chi connectivity index (χ1) is 13.5. The van der Waals surface area contributed by atoms with E-state index in [1.165, 1.54) is 21.7 Å². The van der Waals surface area contributed by atoms with E-state index >= 15 is 0 Å². The molecule has 5 nitrogen and oxygen atoms in total. The molecule has 0 aliphatic rings. The van der Waals surface area contributed by atoms with Crippen molar-refractivity contribution in [3.8, 4) is 0 Å². The van der Waals surface area contributed by atoms with Gasteiger partial charge in [0, 0.05) is 13.0 Å². The Kier molecular flexibility index (Phi) is 7.47. The summed E-state index contributed by atoms with van der Waals surface area (Å²) in [6, 6.07) is 11.5. The fraction of sp³-hybridized carbons (Fsp3) is 0.435. The maximum absolute atomic E-state index is 12.4. The van der Waals surface area contributed by atoms with Gasteiger partial charge in [0.25, 0.3) is 0 Å². The average Bonchev–Trinajstić information content (AvgIpc) is 2.61. The number of benzene rings is 2. The molecular formula is C23H32N2O3S. The minimum atomic E-state index is -3.41. The van der Waals surface area contributed by atoms with Crippen LogP contribution < -0.4 is 9.62 Å². The zero-order valence-corrected chi connectivity index (χ0v) is 19.1. The van der Waals surface area contributed by atoms with Crippen LogP contribution in [0.4, 0.5) is 5.69 Å². The van der Waals surface area contributed by atoms with E-state index in [9.17, 15) is 13.2 Å². The molecule has 0 spiro atoms. The van der Waals surface area contributed by atoms with E-state index in [1.54, 1.807) is 12.1 Å². The highest BCUT2D eigenvalue weighted by Crippen LogP contribution is 2.22. The van der Waals surface area contributed by atoms with Crippen LogP contribution in [0.15, 0.2) is 36.4 Å². The predicted octanol–water partition coefficient (Wildman–Crippen LogP) is 4.34. The van der Waals surface area contributed by atoms with Crippen molar-refractivity contribution in [1.82, 2.24) is 5.32 Å². The lowest BCUT2D eigenvalue weighted by Gasteiger charge is -2.23. The Morgan fingerprint density at radius 3 is 2.17 bits per heavy atom. The maximum Gasteiger partial charge on any atom is 0.232 e. The van der Waals surface area contributed by atoms with Gasteiger partial charge in [-0.3, -0.25) is 9.10 Å². The van der Waals surface area contributed by atoms with E-state index in [4.69, 9.17) is 0 Å². The molecule has 1 amide bonds. The number of nitrogens with zero attached hydrogens (tertiary/aromatic N) is 1. The third-order valence-corrected chi connectivity index (χ3v) is 6.41. The third-order valence-electron chi connectivity index (χ3n) is 5.21. The van der Waals surface area contributed by atoms with Crippen LogP contribution in [-0.4, -0.2) is 27.1 Å². The summed E-state index contributed by atoms with van der Waals surface area (Å²) >= 11 is 0. The van der Waals surface area contributed by atoms with Crippen molar-refractivity contribution >= 4 is 21.6 Å². The normalized spacial score (nSPS) is 12.5. The Balaban J connectivity index is 1.97. The van der Waals surface area contributed by atoms with Gasteiger partial charge in [-0.1, -0.05) is 29.8 Å². The summed E-state index contributed by atoms with van der Waals surface area (Å²) in [4.78, 5) is 12.4. The quantitative estimate of drug-likeness (QED) is 0.696. The molecule has 2 aromatic carbocycles. The average molecular weight is 417 g/mol. The lowest BCUT2D eigenvalue weighted by molar-refractivity contribution is -0.121. The van der Waals surface area contributed by atoms with Crippen LogP contribution in [0.3, 0.4) is 0 Å². The predicted molar refractivity (Wildman–Crippen MR) is 120 cm³/mol. The second-order valence-electron chi connectivity index (χ2n) is 7.86. The lowest BCUT2D eigenvalue weighted by atomic mass is 9.96. The molecule has 2 rings (SSSR count). The summed E-state index contributed by atoms with van der Waals surface area (Å²) in [5.41, 5.74) is 6.40. The maximum atomic E-state index is 12.4. The molecule has 0 aliphatic heterocycles. The molecule has 0 radical (unpaired) electrons. The summed E-state index contributed by atoms with van der Waals surface area (Å²) < 4.78 is 25.7. The number of amides is 1. The molecule has 6 heteroatoms. The largest absolute Gasteiger partial charge is 0.350 e. The molecule has 0 saturated heterocycles. The first kappa shape index (κ1) is 22.9. The smallest absolute Gasteiger partial charge is 0.232 e. The van der Waals surface area contributed by atoms with Gasteiger partial charge in [0.2, 0.25) is 15.9 Å². The van der Waals surface area contributed by atoms with Crippen LogP contribution in [0.1, 0.15) is 53.6 Å². The second-order valence-corrected chi connectivity index (χ2v) is 9.76. The SMILES string of the molecule is Cc1ccc(N(CCCC(=O)N[C@H](C)c2cc(C)c(C)cc2C)S(C)(=O)=O)cc1. The van der Waals surface area contributed by atoms with E-state index in [-0.39, 0.29) is 24.9 Å². The number of anilines is 1. The minimum absolute atomic E-state index is 0.0764. The second kappa shape index (κ2) is 9.44. The monoisotopic (exact) mass is 416 g/mol. The van der Waals surface area contributed by atoms with Gasteiger partial charge in [0.05, 0.1) is 18.0 Å². The van der Waals surface area contributed by atoms with Gasteiger partial charge in [-0.25, -0.2) is 8.42 Å². The molecule has 0 aromatic heterocycles. The van der Waals surface area contributed by atoms with Gasteiger partial charge in [-0.2, -0.15) is 0 Å². The summed E-state index contributed by atoms with van der Waals surface area (Å²) in [6.45, 7) is 10.4. The van der Waals surface area contributed by atoms with Crippen LogP contribution in [0, 0.1) is 27.7 Å². The van der Waals surface area contributed by atoms with E-state index < -0.39 is 10.0 Å². The molecule has 0 bridgehead atoms. The van der Waals surface area contributed by atoms with Crippen LogP contribution >= 0.6 is 0 Å². The summed E-state index contributed by atoms with van der Waals surface area (Å²) in [6.07, 6.45) is 1.91. The fourth-order valence-corrected chi connectivity index (χ4v) is 4.39. The Hall–Kier alpha value is -2.34. The van der Waals surface area contributed by atoms with Crippen molar-refractivity contribution in [2.45, 2.75) is 53.5 Å². The molecule has 0 unspecified atom stereocenters. The molecule has 0 fully saturated rings. The highest BCUT2D eigenvalue weighted by molar-refractivity contribution is 7.92. The number of nitrogens with one attached hydrogen (secondary N) is 1. The van der Waals surface area contributed by atoms with Crippen molar-refractivity contribution in [2.75, 3.05) is 17.1 Å². The van der Waals surface area contributed by atoms with Gasteiger partial charge >= 0.3 is 0 Å². The molecule has 29 heavy (non-hydrogen) atoms. The van der Waals surface area contributed by atoms with E-state index in [0.29, 0.717) is 12.1 Å². The van der Waals surface area contributed by atoms with Gasteiger partial charge in [0.1, 0.15) is 0 Å². The third kappa shape index (κ3) is 6.32. The molecule has 0 saturated carbocycles. The number of hydrogen-bond donors (Lipinski definition) is 1. The Bertz CT molecular complexity index is 966. The molecule has 0 heterocycles. The Morgan fingerprint density at radius 1 is 1.00 bits per heavy atom. The number of carbonyl (C=O) groups is 1. The summed E-state index contributed by atoms with van der Waals surface area (Å²) in [5.74, 6) is -0.0764. The minimum Gasteiger partial charge on any atom is -0.350 e. The highest BCUT2D eigenvalue weighted by Gasteiger charge is 2.18. The first-order valence-electron chi connectivity index (χ1n) is 9.90. The summed E-state index contributed by atoms with van der Waals surface area (Å²) in [7, 11) is -3.41. The number of hydrogen-bond acceptors (Lipinski definition) is 3. The van der Waals surface area contributed by atoms with Crippen molar-refractivity contribution in [1.29, 1.82) is 0 Å². The Labute approximate surface area is 175 Å². The molecular weight excluding hydrogens is 384 g/mol. The Morgan fingerprint density at radius 2 is 1.59 bits per heavy atom. The number of sulfonamides is 1. The van der Waals surface area contributed by atoms with Gasteiger partial charge < -0.3 is 5.32 Å². The molecule has 1 N–H and O–H groups in total. The van der Waals surface area contributed by atoms with Gasteiger partial charge in [0.15, 0.2) is 0 Å². The van der Waals surface area contributed by atoms with Crippen LogP contribution in [0.5, 0.6) is 0 Å². The summed E-state index contributed by atoms with van der Waals surface area (Å²) in [5, 5.41) is 3.04. The number of carbonyl (C=O) groups excluding carboxylic acids is 1. The number of aryl methyl sites for hydroxylation is 4. The first-order valence-corrected chi connectivity index (χ1v) is 11.8. The molecule has 1 atom stereocenters. The zero-order valence-electron chi connectivity index (χ0n) is 18.2. The number of rotatable bonds is 8. The van der Waals surface area contributed by atoms with Crippen LogP contribution in [0.2, 0.25) is 0 Å². The van der Waals surface area contributed by atoms with Crippen molar-refractivity contribution in [3.63, 3.8) is 0 Å². The molecule has 158 valence electrons. The van der Waals surface area contributed by atoms with E-state index in [2.05, 4.69) is 38.2 Å².